The fourth-order valence-electron chi connectivity index (χ4n) is 2.70. The number of aromatic nitrogens is 2. The van der Waals surface area contributed by atoms with Gasteiger partial charge in [0.15, 0.2) is 0 Å². The third-order valence-electron chi connectivity index (χ3n) is 4.23. The summed E-state index contributed by atoms with van der Waals surface area (Å²) in [6.07, 6.45) is -10.0. The number of carbonyl (C=O) groups excluding carboxylic acids is 1. The molecule has 0 atom stereocenters. The van der Waals surface area contributed by atoms with E-state index in [0.717, 1.165) is 17.3 Å². The summed E-state index contributed by atoms with van der Waals surface area (Å²) >= 11 is 0.924. The fourth-order valence-corrected chi connectivity index (χ4v) is 3.31. The molecular weight excluding hydrogens is 472 g/mol. The maximum atomic E-state index is 12.9. The quantitative estimate of drug-likeness (QED) is 0.346. The molecule has 0 saturated heterocycles. The van der Waals surface area contributed by atoms with Crippen molar-refractivity contribution in [1.82, 2.24) is 10.2 Å². The van der Waals surface area contributed by atoms with Crippen molar-refractivity contribution in [3.05, 3.63) is 65.7 Å². The first-order valence-electron chi connectivity index (χ1n) is 9.16. The minimum absolute atomic E-state index is 0.0100. The molecule has 5 nitrogen and oxygen atoms in total. The van der Waals surface area contributed by atoms with Crippen LogP contribution in [-0.2, 0) is 17.1 Å². The summed E-state index contributed by atoms with van der Waals surface area (Å²) in [5, 5.41) is 10.4. The van der Waals surface area contributed by atoms with E-state index >= 15 is 0 Å². The Balaban J connectivity index is 1.67. The Bertz CT molecular complexity index is 1100. The number of alkyl halides is 6. The zero-order valence-corrected chi connectivity index (χ0v) is 17.6. The lowest BCUT2D eigenvalue weighted by Crippen LogP contribution is -2.17. The molecule has 0 saturated carbocycles. The lowest BCUT2D eigenvalue weighted by molar-refractivity contribution is -0.143. The Morgan fingerprint density at radius 3 is 2.15 bits per heavy atom. The molecule has 0 aliphatic rings. The fraction of sp³-hybridized carbons (Fsp3) is 0.190. The predicted molar refractivity (Wildman–Crippen MR) is 110 cm³/mol. The molecule has 0 spiro atoms. The zero-order valence-electron chi connectivity index (χ0n) is 16.8. The van der Waals surface area contributed by atoms with Crippen LogP contribution in [0.25, 0.3) is 11.3 Å². The number of halogens is 6. The minimum atomic E-state index is -5.00. The van der Waals surface area contributed by atoms with Crippen LogP contribution in [0.2, 0.25) is 0 Å². The molecule has 1 amide bonds. The number of rotatable bonds is 6. The molecule has 1 aromatic heterocycles. The van der Waals surface area contributed by atoms with E-state index in [9.17, 15) is 31.1 Å². The first kappa shape index (κ1) is 24.4. The molecule has 174 valence electrons. The number of carbonyl (C=O) groups is 1. The van der Waals surface area contributed by atoms with Gasteiger partial charge in [0, 0.05) is 11.3 Å². The van der Waals surface area contributed by atoms with Crippen LogP contribution in [0.3, 0.4) is 0 Å². The number of thioether (sulfide) groups is 1. The first-order valence-corrected chi connectivity index (χ1v) is 10.1. The molecular formula is C21H15F6N3O2S. The van der Waals surface area contributed by atoms with E-state index < -0.39 is 35.1 Å². The highest BCUT2D eigenvalue weighted by Gasteiger charge is 2.37. The lowest BCUT2D eigenvalue weighted by Gasteiger charge is -2.14. The van der Waals surface area contributed by atoms with E-state index in [0.29, 0.717) is 28.6 Å². The summed E-state index contributed by atoms with van der Waals surface area (Å²) in [7, 11) is 1.53. The summed E-state index contributed by atoms with van der Waals surface area (Å²) in [6.45, 7) is 0. The van der Waals surface area contributed by atoms with E-state index in [1.54, 1.807) is 36.4 Å². The maximum absolute atomic E-state index is 12.9. The molecule has 3 aromatic rings. The number of nitrogens with zero attached hydrogens (tertiary/aromatic N) is 2. The normalized spacial score (nSPS) is 11.8. The maximum Gasteiger partial charge on any atom is 0.416 e. The van der Waals surface area contributed by atoms with Crippen molar-refractivity contribution in [2.45, 2.75) is 17.4 Å². The van der Waals surface area contributed by atoms with Gasteiger partial charge in [0.25, 0.3) is 0 Å². The number of ether oxygens (including phenoxy) is 1. The Hall–Kier alpha value is -3.28. The van der Waals surface area contributed by atoms with Crippen molar-refractivity contribution >= 4 is 23.4 Å². The molecule has 0 fully saturated rings. The summed E-state index contributed by atoms with van der Waals surface area (Å²) in [6, 6.07) is 11.2. The summed E-state index contributed by atoms with van der Waals surface area (Å²) in [5.74, 6) is -0.469. The van der Waals surface area contributed by atoms with Crippen LogP contribution in [0.1, 0.15) is 11.1 Å². The average molecular weight is 487 g/mol. The summed E-state index contributed by atoms with van der Waals surface area (Å²) in [4.78, 5) is 12.1. The molecule has 1 N–H and O–H groups in total. The molecule has 0 bridgehead atoms. The second-order valence-electron chi connectivity index (χ2n) is 6.62. The minimum Gasteiger partial charge on any atom is -0.497 e. The SMILES string of the molecule is COc1cccc(-c2ccc(SCC(=O)Nc3cc(C(F)(F)F)cc(C(F)(F)F)c3)nn2)c1. The van der Waals surface area contributed by atoms with Crippen LogP contribution in [-0.4, -0.2) is 29.0 Å². The smallest absolute Gasteiger partial charge is 0.416 e. The topological polar surface area (TPSA) is 64.1 Å². The van der Waals surface area contributed by atoms with E-state index in [4.69, 9.17) is 4.74 Å². The molecule has 3 rings (SSSR count). The molecule has 0 aliphatic heterocycles. The number of nitrogens with one attached hydrogen (secondary N) is 1. The van der Waals surface area contributed by atoms with Gasteiger partial charge in [0.05, 0.1) is 29.7 Å². The number of hydrogen-bond acceptors (Lipinski definition) is 5. The van der Waals surface area contributed by atoms with Crippen molar-refractivity contribution < 1.29 is 35.9 Å². The van der Waals surface area contributed by atoms with Gasteiger partial charge in [-0.1, -0.05) is 23.9 Å². The Morgan fingerprint density at radius 1 is 0.939 bits per heavy atom. The standard InChI is InChI=1S/C21H15F6N3O2S/c1-32-16-4-2-3-12(7-16)17-5-6-19(30-29-17)33-11-18(31)28-15-9-13(20(22,23)24)8-14(10-15)21(25,26)27/h2-10H,11H2,1H3,(H,28,31). The number of benzene rings is 2. The van der Waals surface area contributed by atoms with Crippen molar-refractivity contribution in [2.24, 2.45) is 0 Å². The third kappa shape index (κ3) is 6.60. The first-order chi connectivity index (χ1) is 15.5. The van der Waals surface area contributed by atoms with Crippen molar-refractivity contribution in [3.8, 4) is 17.0 Å². The molecule has 33 heavy (non-hydrogen) atoms. The van der Waals surface area contributed by atoms with Crippen molar-refractivity contribution in [3.63, 3.8) is 0 Å². The molecule has 0 unspecified atom stereocenters. The summed E-state index contributed by atoms with van der Waals surface area (Å²) in [5.41, 5.74) is -2.34. The largest absolute Gasteiger partial charge is 0.497 e. The van der Waals surface area contributed by atoms with Gasteiger partial charge in [-0.3, -0.25) is 4.79 Å². The van der Waals surface area contributed by atoms with Crippen LogP contribution >= 0.6 is 11.8 Å². The Morgan fingerprint density at radius 2 is 1.61 bits per heavy atom. The highest BCUT2D eigenvalue weighted by atomic mass is 32.2. The van der Waals surface area contributed by atoms with Crippen molar-refractivity contribution in [1.29, 1.82) is 0 Å². The molecule has 12 heteroatoms. The van der Waals surface area contributed by atoms with Crippen LogP contribution < -0.4 is 10.1 Å². The Labute approximate surface area is 188 Å². The van der Waals surface area contributed by atoms with E-state index in [2.05, 4.69) is 15.5 Å². The Kier molecular flexibility index (Phi) is 7.15. The molecule has 1 heterocycles. The van der Waals surface area contributed by atoms with Gasteiger partial charge in [-0.25, -0.2) is 0 Å². The van der Waals surface area contributed by atoms with Crippen LogP contribution in [0, 0.1) is 0 Å². The van der Waals surface area contributed by atoms with Crippen LogP contribution in [0.5, 0.6) is 5.75 Å². The average Bonchev–Trinajstić information content (AvgIpc) is 2.76. The molecule has 2 aromatic carbocycles. The molecule has 0 radical (unpaired) electrons. The number of methoxy groups -OCH3 is 1. The van der Waals surface area contributed by atoms with Gasteiger partial charge in [-0.05, 0) is 42.5 Å². The van der Waals surface area contributed by atoms with Gasteiger partial charge in [-0.15, -0.1) is 10.2 Å². The van der Waals surface area contributed by atoms with Gasteiger partial charge < -0.3 is 10.1 Å². The predicted octanol–water partition coefficient (Wildman–Crippen LogP) is 5.92. The summed E-state index contributed by atoms with van der Waals surface area (Å²) < 4.78 is 82.7. The highest BCUT2D eigenvalue weighted by Crippen LogP contribution is 2.37. The van der Waals surface area contributed by atoms with Gasteiger partial charge >= 0.3 is 12.4 Å². The monoisotopic (exact) mass is 487 g/mol. The van der Waals surface area contributed by atoms with Gasteiger partial charge in [0.2, 0.25) is 5.91 Å². The highest BCUT2D eigenvalue weighted by molar-refractivity contribution is 7.99. The van der Waals surface area contributed by atoms with Gasteiger partial charge in [-0.2, -0.15) is 26.3 Å². The van der Waals surface area contributed by atoms with E-state index in [1.165, 1.54) is 7.11 Å². The van der Waals surface area contributed by atoms with E-state index in [1.807, 2.05) is 0 Å². The second kappa shape index (κ2) is 9.69. The van der Waals surface area contributed by atoms with E-state index in [-0.39, 0.29) is 11.8 Å². The van der Waals surface area contributed by atoms with Crippen LogP contribution in [0.4, 0.5) is 32.0 Å². The number of hydrogen-bond donors (Lipinski definition) is 1. The molecule has 0 aliphatic carbocycles. The number of anilines is 1. The zero-order chi connectivity index (χ0) is 24.2. The third-order valence-corrected chi connectivity index (χ3v) is 5.15. The van der Waals surface area contributed by atoms with Crippen LogP contribution in [0.15, 0.2) is 59.6 Å². The van der Waals surface area contributed by atoms with Crippen molar-refractivity contribution in [2.75, 3.05) is 18.2 Å². The lowest BCUT2D eigenvalue weighted by atomic mass is 10.1. The number of amides is 1. The van der Waals surface area contributed by atoms with Gasteiger partial charge in [0.1, 0.15) is 10.8 Å². The second-order valence-corrected chi connectivity index (χ2v) is 7.62.